The number of aryl methyl sites for hydroxylation is 1. The number of benzene rings is 1. The molecule has 1 aromatic carbocycles. The number of amides is 1. The molecule has 32 heavy (non-hydrogen) atoms. The van der Waals surface area contributed by atoms with Crippen molar-refractivity contribution in [2.75, 3.05) is 6.61 Å². The highest BCUT2D eigenvalue weighted by Crippen LogP contribution is 2.20. The Kier molecular flexibility index (Phi) is 5.91. The molecule has 0 aliphatic carbocycles. The van der Waals surface area contributed by atoms with Gasteiger partial charge < -0.3 is 24.8 Å². The lowest BCUT2D eigenvalue weighted by molar-refractivity contribution is -0.152. The number of nitrogens with zero attached hydrogens (tertiary/aromatic N) is 4. The number of hydrogen-bond acceptors (Lipinski definition) is 7. The van der Waals surface area contributed by atoms with Crippen LogP contribution in [0.2, 0.25) is 5.02 Å². The number of hydrogen-bond donors (Lipinski definition) is 3. The number of aromatic nitrogens is 4. The number of nitrogens with one attached hydrogen (secondary N) is 1. The topological polar surface area (TPSA) is 141 Å². The van der Waals surface area contributed by atoms with E-state index in [1.165, 1.54) is 29.6 Å². The first-order valence-corrected chi connectivity index (χ1v) is 10.2. The second-order valence-corrected chi connectivity index (χ2v) is 8.09. The zero-order valence-electron chi connectivity index (χ0n) is 17.3. The van der Waals surface area contributed by atoms with Crippen molar-refractivity contribution in [1.29, 1.82) is 0 Å². The Morgan fingerprint density at radius 3 is 2.66 bits per heavy atom. The van der Waals surface area contributed by atoms with E-state index in [1.807, 2.05) is 0 Å². The Bertz CT molecular complexity index is 1300. The molecule has 1 fully saturated rings. The Morgan fingerprint density at radius 1 is 1.22 bits per heavy atom. The molecule has 4 atom stereocenters. The van der Waals surface area contributed by atoms with Crippen molar-refractivity contribution in [3.05, 3.63) is 62.0 Å². The molecule has 12 heteroatoms. The van der Waals surface area contributed by atoms with Gasteiger partial charge in [0.1, 0.15) is 24.0 Å². The molecule has 0 bridgehead atoms. The minimum Gasteiger partial charge on any atom is -0.388 e. The summed E-state index contributed by atoms with van der Waals surface area (Å²) in [6.07, 6.45) is -2.15. The Labute approximate surface area is 186 Å². The molecule has 0 radical (unpaired) electrons. The summed E-state index contributed by atoms with van der Waals surface area (Å²) < 4.78 is 9.46. The van der Waals surface area contributed by atoms with Crippen LogP contribution in [0.1, 0.15) is 10.4 Å². The molecule has 0 unspecified atom stereocenters. The van der Waals surface area contributed by atoms with Crippen molar-refractivity contribution >= 4 is 28.7 Å². The minimum absolute atomic E-state index is 0.0281. The van der Waals surface area contributed by atoms with E-state index in [4.69, 9.17) is 16.3 Å². The third-order valence-electron chi connectivity index (χ3n) is 5.65. The van der Waals surface area contributed by atoms with Gasteiger partial charge in [0.25, 0.3) is 11.5 Å². The molecule has 0 saturated carbocycles. The number of aliphatic hydroxyl groups is 2. The smallest absolute Gasteiger partial charge is 0.332 e. The number of carbonyl (C=O) groups excluding carboxylic acids is 1. The second kappa shape index (κ2) is 8.51. The number of rotatable bonds is 4. The molecule has 11 nitrogen and oxygen atoms in total. The van der Waals surface area contributed by atoms with E-state index in [-0.39, 0.29) is 34.9 Å². The van der Waals surface area contributed by atoms with Gasteiger partial charge in [-0.15, -0.1) is 0 Å². The highest BCUT2D eigenvalue weighted by atomic mass is 35.5. The van der Waals surface area contributed by atoms with Crippen LogP contribution in [-0.2, 0) is 25.4 Å². The van der Waals surface area contributed by atoms with Crippen LogP contribution in [0.5, 0.6) is 0 Å². The van der Waals surface area contributed by atoms with Crippen LogP contribution in [-0.4, -0.2) is 65.8 Å². The van der Waals surface area contributed by atoms with Crippen LogP contribution in [0.15, 0.2) is 40.2 Å². The molecular weight excluding hydrogens is 442 g/mol. The summed E-state index contributed by atoms with van der Waals surface area (Å²) >= 11 is 6.04. The quantitative estimate of drug-likeness (QED) is 0.451. The number of ether oxygens (including phenoxy) is 1. The van der Waals surface area contributed by atoms with Gasteiger partial charge in [0, 0.05) is 14.1 Å². The molecule has 3 heterocycles. The molecule has 1 aliphatic heterocycles. The van der Waals surface area contributed by atoms with Crippen molar-refractivity contribution < 1.29 is 19.7 Å². The van der Waals surface area contributed by atoms with E-state index in [2.05, 4.69) is 10.3 Å². The number of aliphatic hydroxyl groups excluding tert-OH is 2. The van der Waals surface area contributed by atoms with Crippen LogP contribution >= 0.6 is 11.6 Å². The molecule has 0 spiro atoms. The van der Waals surface area contributed by atoms with Gasteiger partial charge in [-0.1, -0.05) is 23.7 Å². The Balaban J connectivity index is 1.52. The average molecular weight is 464 g/mol. The summed E-state index contributed by atoms with van der Waals surface area (Å²) in [5.74, 6) is -0.500. The van der Waals surface area contributed by atoms with Crippen molar-refractivity contribution in [1.82, 2.24) is 24.0 Å². The summed E-state index contributed by atoms with van der Waals surface area (Å²) in [6, 6.07) is 5.62. The number of imidazole rings is 1. The van der Waals surface area contributed by atoms with Crippen LogP contribution in [0.4, 0.5) is 0 Å². The predicted octanol–water partition coefficient (Wildman–Crippen LogP) is -0.994. The largest absolute Gasteiger partial charge is 0.388 e. The second-order valence-electron chi connectivity index (χ2n) is 7.69. The van der Waals surface area contributed by atoms with E-state index in [9.17, 15) is 24.6 Å². The van der Waals surface area contributed by atoms with Crippen molar-refractivity contribution in [3.8, 4) is 0 Å². The fourth-order valence-electron chi connectivity index (χ4n) is 3.83. The molecule has 1 saturated heterocycles. The van der Waals surface area contributed by atoms with Crippen molar-refractivity contribution in [2.24, 2.45) is 14.1 Å². The van der Waals surface area contributed by atoms with Gasteiger partial charge in [0.15, 0.2) is 5.52 Å². The summed E-state index contributed by atoms with van der Waals surface area (Å²) in [5, 5.41) is 24.1. The summed E-state index contributed by atoms with van der Waals surface area (Å²) in [4.78, 5) is 41.1. The summed E-state index contributed by atoms with van der Waals surface area (Å²) in [5.41, 5.74) is -0.431. The average Bonchev–Trinajstić information content (AvgIpc) is 3.20. The highest BCUT2D eigenvalue weighted by Gasteiger charge is 2.39. The molecule has 1 aliphatic rings. The maximum absolute atomic E-state index is 12.5. The lowest BCUT2D eigenvalue weighted by Gasteiger charge is -2.38. The van der Waals surface area contributed by atoms with Crippen LogP contribution < -0.4 is 16.6 Å². The van der Waals surface area contributed by atoms with Gasteiger partial charge >= 0.3 is 5.69 Å². The van der Waals surface area contributed by atoms with Crippen LogP contribution in [0.25, 0.3) is 11.2 Å². The summed E-state index contributed by atoms with van der Waals surface area (Å²) in [6.45, 7) is -0.0350. The maximum atomic E-state index is 12.5. The van der Waals surface area contributed by atoms with Crippen molar-refractivity contribution in [3.63, 3.8) is 0 Å². The van der Waals surface area contributed by atoms with E-state index in [0.717, 1.165) is 4.57 Å². The van der Waals surface area contributed by atoms with Gasteiger partial charge in [-0.05, 0) is 12.1 Å². The predicted molar refractivity (Wildman–Crippen MR) is 115 cm³/mol. The summed E-state index contributed by atoms with van der Waals surface area (Å²) in [7, 11) is 2.88. The van der Waals surface area contributed by atoms with Crippen LogP contribution in [0, 0.1) is 0 Å². The first kappa shape index (κ1) is 22.2. The van der Waals surface area contributed by atoms with Gasteiger partial charge in [-0.2, -0.15) is 0 Å². The SMILES string of the molecule is Cn1c(=O)c2ncn(C[C@H]3OC[C@@H](NC(=O)c4ccccc4Cl)[C@H](O)[C@@H]3O)c2n(C)c1=O. The maximum Gasteiger partial charge on any atom is 0.332 e. The molecule has 1 amide bonds. The van der Waals surface area contributed by atoms with Gasteiger partial charge in [0.2, 0.25) is 0 Å². The standard InChI is InChI=1S/C20H22ClN5O6/c1-24-18-14(19(30)25(2)20(24)31)22-9-26(18)7-13-16(28)15(27)12(8-32-13)23-17(29)10-5-3-4-6-11(10)21/h3-6,9,12-13,15-16,27-28H,7-8H2,1-2H3,(H,23,29)/t12-,13-,15+,16-/m1/s1. The minimum atomic E-state index is -1.35. The number of carbonyl (C=O) groups is 1. The Morgan fingerprint density at radius 2 is 1.94 bits per heavy atom. The lowest BCUT2D eigenvalue weighted by Crippen LogP contribution is -2.60. The Hall–Kier alpha value is -2.99. The number of halogens is 1. The number of fused-ring (bicyclic) bond motifs is 1. The fourth-order valence-corrected chi connectivity index (χ4v) is 4.05. The molecule has 3 N–H and O–H groups in total. The first-order valence-electron chi connectivity index (χ1n) is 9.84. The molecule has 4 rings (SSSR count). The molecular formula is C20H22ClN5O6. The zero-order valence-corrected chi connectivity index (χ0v) is 18.1. The van der Waals surface area contributed by atoms with Gasteiger partial charge in [0.05, 0.1) is 36.1 Å². The van der Waals surface area contributed by atoms with Crippen molar-refractivity contribution in [2.45, 2.75) is 30.9 Å². The van der Waals surface area contributed by atoms with Gasteiger partial charge in [-0.3, -0.25) is 18.7 Å². The lowest BCUT2D eigenvalue weighted by atomic mass is 9.97. The first-order chi connectivity index (χ1) is 15.2. The van der Waals surface area contributed by atoms with E-state index >= 15 is 0 Å². The van der Waals surface area contributed by atoms with Gasteiger partial charge in [-0.25, -0.2) is 9.78 Å². The molecule has 3 aromatic rings. The highest BCUT2D eigenvalue weighted by molar-refractivity contribution is 6.33. The third-order valence-corrected chi connectivity index (χ3v) is 5.98. The van der Waals surface area contributed by atoms with E-state index in [0.29, 0.717) is 0 Å². The zero-order chi connectivity index (χ0) is 23.2. The monoisotopic (exact) mass is 463 g/mol. The normalized spacial score (nSPS) is 23.4. The van der Waals surface area contributed by atoms with E-state index < -0.39 is 41.5 Å². The third kappa shape index (κ3) is 3.73. The molecule has 170 valence electrons. The fraction of sp³-hybridized carbons (Fsp3) is 0.400. The van der Waals surface area contributed by atoms with Crippen LogP contribution in [0.3, 0.4) is 0 Å². The van der Waals surface area contributed by atoms with E-state index in [1.54, 1.807) is 24.3 Å². The molecule has 2 aromatic heterocycles.